The maximum absolute atomic E-state index is 5.96. The van der Waals surface area contributed by atoms with Crippen molar-refractivity contribution < 1.29 is 0 Å². The van der Waals surface area contributed by atoms with Gasteiger partial charge in [-0.05, 0) is 18.2 Å². The standard InChI is InChI=1S/C10H8ClN3.C2H6/c11-8-4-1-2-5-9(8)14-10-12-6-3-7-13-10;1-2/h1-7H,(H,12,13,14);1-2H3. The van der Waals surface area contributed by atoms with Gasteiger partial charge in [0, 0.05) is 12.4 Å². The van der Waals surface area contributed by atoms with Gasteiger partial charge < -0.3 is 5.32 Å². The SMILES string of the molecule is CC.Clc1ccccc1Nc1ncccn1. The highest BCUT2D eigenvalue weighted by atomic mass is 35.5. The number of aromatic nitrogens is 2. The molecule has 0 saturated heterocycles. The van der Waals surface area contributed by atoms with Crippen molar-refractivity contribution in [2.45, 2.75) is 13.8 Å². The molecule has 1 aromatic heterocycles. The summed E-state index contributed by atoms with van der Waals surface area (Å²) >= 11 is 5.96. The Bertz CT molecular complexity index is 418. The predicted molar refractivity (Wildman–Crippen MR) is 68.1 cm³/mol. The van der Waals surface area contributed by atoms with Crippen molar-refractivity contribution in [3.05, 3.63) is 47.7 Å². The molecule has 0 fully saturated rings. The maximum atomic E-state index is 5.96. The van der Waals surface area contributed by atoms with E-state index >= 15 is 0 Å². The number of nitrogens with one attached hydrogen (secondary N) is 1. The number of hydrogen-bond donors (Lipinski definition) is 1. The zero-order chi connectivity index (χ0) is 11.8. The molecule has 0 atom stereocenters. The lowest BCUT2D eigenvalue weighted by Crippen LogP contribution is -1.95. The summed E-state index contributed by atoms with van der Waals surface area (Å²) in [4.78, 5) is 8.07. The highest BCUT2D eigenvalue weighted by Gasteiger charge is 1.99. The molecule has 1 N–H and O–H groups in total. The first-order chi connectivity index (χ1) is 7.86. The fraction of sp³-hybridized carbons (Fsp3) is 0.167. The third-order valence-corrected chi connectivity index (χ3v) is 2.02. The van der Waals surface area contributed by atoms with Gasteiger partial charge in [0.15, 0.2) is 0 Å². The summed E-state index contributed by atoms with van der Waals surface area (Å²) in [5, 5.41) is 3.67. The molecule has 0 unspecified atom stereocenters. The molecule has 2 rings (SSSR count). The highest BCUT2D eigenvalue weighted by molar-refractivity contribution is 6.33. The first kappa shape index (κ1) is 12.5. The Kier molecular flexibility index (Phi) is 5.29. The second kappa shape index (κ2) is 6.80. The monoisotopic (exact) mass is 235 g/mol. The Morgan fingerprint density at radius 2 is 1.62 bits per heavy atom. The summed E-state index contributed by atoms with van der Waals surface area (Å²) in [5.41, 5.74) is 0.806. The summed E-state index contributed by atoms with van der Waals surface area (Å²) in [6.07, 6.45) is 3.35. The van der Waals surface area contributed by atoms with Crippen molar-refractivity contribution in [1.82, 2.24) is 9.97 Å². The normalized spacial score (nSPS) is 8.94. The van der Waals surface area contributed by atoms with E-state index in [2.05, 4.69) is 15.3 Å². The molecule has 0 aliphatic heterocycles. The largest absolute Gasteiger partial charge is 0.323 e. The molecule has 1 heterocycles. The lowest BCUT2D eigenvalue weighted by Gasteiger charge is -2.04. The lowest BCUT2D eigenvalue weighted by molar-refractivity contribution is 1.17. The van der Waals surface area contributed by atoms with Gasteiger partial charge in [0.2, 0.25) is 5.95 Å². The zero-order valence-corrected chi connectivity index (χ0v) is 10.1. The number of rotatable bonds is 2. The van der Waals surface area contributed by atoms with Crippen LogP contribution in [0.4, 0.5) is 11.6 Å². The van der Waals surface area contributed by atoms with Gasteiger partial charge in [0.25, 0.3) is 0 Å². The average Bonchev–Trinajstić information content (AvgIpc) is 2.36. The Hall–Kier alpha value is -1.61. The van der Waals surface area contributed by atoms with Crippen LogP contribution in [0.3, 0.4) is 0 Å². The zero-order valence-electron chi connectivity index (χ0n) is 9.31. The third-order valence-electron chi connectivity index (χ3n) is 1.69. The number of hydrogen-bond acceptors (Lipinski definition) is 3. The van der Waals surface area contributed by atoms with Crippen LogP contribution in [0.15, 0.2) is 42.7 Å². The summed E-state index contributed by atoms with van der Waals surface area (Å²) < 4.78 is 0. The summed E-state index contributed by atoms with van der Waals surface area (Å²) in [7, 11) is 0. The smallest absolute Gasteiger partial charge is 0.227 e. The molecule has 0 aliphatic carbocycles. The van der Waals surface area contributed by atoms with E-state index in [1.165, 1.54) is 0 Å². The van der Waals surface area contributed by atoms with Gasteiger partial charge in [0.1, 0.15) is 0 Å². The van der Waals surface area contributed by atoms with Gasteiger partial charge in [-0.3, -0.25) is 0 Å². The fourth-order valence-corrected chi connectivity index (χ4v) is 1.23. The molecule has 3 nitrogen and oxygen atoms in total. The number of para-hydroxylation sites is 1. The minimum atomic E-state index is 0.542. The molecule has 4 heteroatoms. The molecule has 0 radical (unpaired) electrons. The molecule has 0 aliphatic rings. The predicted octanol–water partition coefficient (Wildman–Crippen LogP) is 3.90. The summed E-state index contributed by atoms with van der Waals surface area (Å²) in [6.45, 7) is 4.00. The maximum Gasteiger partial charge on any atom is 0.227 e. The molecule has 16 heavy (non-hydrogen) atoms. The molecule has 2 aromatic rings. The van der Waals surface area contributed by atoms with Crippen molar-refractivity contribution in [1.29, 1.82) is 0 Å². The van der Waals surface area contributed by atoms with Crippen molar-refractivity contribution in [3.8, 4) is 0 Å². The molecule has 0 bridgehead atoms. The van der Waals surface area contributed by atoms with Crippen LogP contribution in [0, 0.1) is 0 Å². The number of anilines is 2. The number of nitrogens with zero attached hydrogens (tertiary/aromatic N) is 2. The highest BCUT2D eigenvalue weighted by Crippen LogP contribution is 2.22. The van der Waals surface area contributed by atoms with Crippen molar-refractivity contribution in [2.24, 2.45) is 0 Å². The minimum absolute atomic E-state index is 0.542. The second-order valence-corrected chi connectivity index (χ2v) is 3.08. The lowest BCUT2D eigenvalue weighted by atomic mass is 10.3. The van der Waals surface area contributed by atoms with Gasteiger partial charge in [-0.25, -0.2) is 9.97 Å². The Labute approximate surface area is 101 Å². The van der Waals surface area contributed by atoms with E-state index in [-0.39, 0.29) is 0 Å². The Morgan fingerprint density at radius 1 is 1.00 bits per heavy atom. The van der Waals surface area contributed by atoms with E-state index < -0.39 is 0 Å². The van der Waals surface area contributed by atoms with Crippen LogP contribution in [-0.2, 0) is 0 Å². The van der Waals surface area contributed by atoms with Gasteiger partial charge in [-0.2, -0.15) is 0 Å². The van der Waals surface area contributed by atoms with Gasteiger partial charge in [0.05, 0.1) is 10.7 Å². The molecular formula is C12H14ClN3. The summed E-state index contributed by atoms with van der Waals surface area (Å²) in [5.74, 6) is 0.542. The van der Waals surface area contributed by atoms with Gasteiger partial charge in [-0.1, -0.05) is 37.6 Å². The quantitative estimate of drug-likeness (QED) is 0.858. The molecule has 0 saturated carbocycles. The van der Waals surface area contributed by atoms with Crippen LogP contribution in [0.25, 0.3) is 0 Å². The first-order valence-corrected chi connectivity index (χ1v) is 5.52. The van der Waals surface area contributed by atoms with Crippen LogP contribution >= 0.6 is 11.6 Å². The molecule has 0 amide bonds. The van der Waals surface area contributed by atoms with E-state index in [4.69, 9.17) is 11.6 Å². The van der Waals surface area contributed by atoms with Crippen LogP contribution in [-0.4, -0.2) is 9.97 Å². The van der Waals surface area contributed by atoms with E-state index in [0.717, 1.165) is 5.69 Å². The molecular weight excluding hydrogens is 222 g/mol. The van der Waals surface area contributed by atoms with Crippen molar-refractivity contribution in [2.75, 3.05) is 5.32 Å². The second-order valence-electron chi connectivity index (χ2n) is 2.68. The molecule has 84 valence electrons. The van der Waals surface area contributed by atoms with E-state index in [0.29, 0.717) is 11.0 Å². The van der Waals surface area contributed by atoms with Crippen molar-refractivity contribution >= 4 is 23.2 Å². The number of halogens is 1. The van der Waals surface area contributed by atoms with E-state index in [1.54, 1.807) is 18.5 Å². The van der Waals surface area contributed by atoms with Crippen LogP contribution < -0.4 is 5.32 Å². The average molecular weight is 236 g/mol. The molecule has 1 aromatic carbocycles. The minimum Gasteiger partial charge on any atom is -0.323 e. The summed E-state index contributed by atoms with van der Waals surface area (Å²) in [6, 6.07) is 9.22. The Balaban J connectivity index is 0.000000606. The fourth-order valence-electron chi connectivity index (χ4n) is 1.05. The van der Waals surface area contributed by atoms with Crippen LogP contribution in [0.2, 0.25) is 5.02 Å². The Morgan fingerprint density at radius 3 is 2.25 bits per heavy atom. The van der Waals surface area contributed by atoms with Crippen LogP contribution in [0.5, 0.6) is 0 Å². The topological polar surface area (TPSA) is 37.8 Å². The van der Waals surface area contributed by atoms with Crippen LogP contribution in [0.1, 0.15) is 13.8 Å². The third kappa shape index (κ3) is 3.51. The number of benzene rings is 1. The first-order valence-electron chi connectivity index (χ1n) is 5.15. The van der Waals surface area contributed by atoms with E-state index in [1.807, 2.05) is 38.1 Å². The van der Waals surface area contributed by atoms with Crippen molar-refractivity contribution in [3.63, 3.8) is 0 Å². The molecule has 0 spiro atoms. The van der Waals surface area contributed by atoms with Gasteiger partial charge in [-0.15, -0.1) is 0 Å². The van der Waals surface area contributed by atoms with Gasteiger partial charge >= 0.3 is 0 Å². The van der Waals surface area contributed by atoms with E-state index in [9.17, 15) is 0 Å².